The molecule has 1 saturated carbocycles. The number of benzene rings is 1. The number of nitrogens with one attached hydrogen (secondary N) is 1. The van der Waals surface area contributed by atoms with Crippen LogP contribution in [0.15, 0.2) is 34.9 Å². The summed E-state index contributed by atoms with van der Waals surface area (Å²) in [5.74, 6) is 0.108. The van der Waals surface area contributed by atoms with E-state index in [1.165, 1.54) is 12.8 Å². The fourth-order valence-corrected chi connectivity index (χ4v) is 1.81. The number of furan rings is 1. The maximum Gasteiger partial charge on any atom is 0.180 e. The summed E-state index contributed by atoms with van der Waals surface area (Å²) in [6.07, 6.45) is 3.94. The molecule has 1 aliphatic rings. The zero-order valence-electron chi connectivity index (χ0n) is 8.90. The Bertz CT molecular complexity index is 525. The lowest BCUT2D eigenvalue weighted by Gasteiger charge is -1.99. The number of ketones is 1. The molecule has 16 heavy (non-hydrogen) atoms. The van der Waals surface area contributed by atoms with E-state index in [4.69, 9.17) is 4.42 Å². The second-order valence-electron chi connectivity index (χ2n) is 4.22. The van der Waals surface area contributed by atoms with Gasteiger partial charge in [-0.3, -0.25) is 4.79 Å². The maximum atomic E-state index is 11.9. The van der Waals surface area contributed by atoms with Gasteiger partial charge >= 0.3 is 0 Å². The van der Waals surface area contributed by atoms with E-state index in [0.717, 1.165) is 11.0 Å². The highest BCUT2D eigenvalue weighted by molar-refractivity contribution is 6.08. The first-order chi connectivity index (χ1) is 7.84. The van der Waals surface area contributed by atoms with E-state index in [-0.39, 0.29) is 5.78 Å². The van der Waals surface area contributed by atoms with Crippen molar-refractivity contribution in [1.82, 2.24) is 5.32 Å². The molecule has 0 aliphatic heterocycles. The number of rotatable bonds is 4. The van der Waals surface area contributed by atoms with Crippen LogP contribution in [0.5, 0.6) is 0 Å². The lowest BCUT2D eigenvalue weighted by atomic mass is 10.1. The summed E-state index contributed by atoms with van der Waals surface area (Å²) < 4.78 is 5.34. The third-order valence-electron chi connectivity index (χ3n) is 2.91. The van der Waals surface area contributed by atoms with Crippen molar-refractivity contribution >= 4 is 16.8 Å². The van der Waals surface area contributed by atoms with Gasteiger partial charge in [0.15, 0.2) is 5.78 Å². The summed E-state index contributed by atoms with van der Waals surface area (Å²) in [6, 6.07) is 8.18. The Hall–Kier alpha value is -1.61. The first-order valence-corrected chi connectivity index (χ1v) is 5.57. The summed E-state index contributed by atoms with van der Waals surface area (Å²) in [5, 5.41) is 4.13. The second kappa shape index (κ2) is 3.76. The molecule has 0 spiro atoms. The molecule has 1 N–H and O–H groups in total. The molecular weight excluding hydrogens is 202 g/mol. The summed E-state index contributed by atoms with van der Waals surface area (Å²) in [6.45, 7) is 0.411. The molecule has 3 heteroatoms. The SMILES string of the molecule is O=C(CNC1CC1)c1coc2ccccc12. The smallest absolute Gasteiger partial charge is 0.180 e. The first kappa shape index (κ1) is 9.60. The predicted molar refractivity (Wildman–Crippen MR) is 61.6 cm³/mol. The Morgan fingerprint density at radius 1 is 1.38 bits per heavy atom. The van der Waals surface area contributed by atoms with E-state index >= 15 is 0 Å². The number of hydrogen-bond acceptors (Lipinski definition) is 3. The summed E-state index contributed by atoms with van der Waals surface area (Å²) >= 11 is 0. The molecule has 0 atom stereocenters. The van der Waals surface area contributed by atoms with Crippen LogP contribution in [-0.2, 0) is 0 Å². The van der Waals surface area contributed by atoms with Gasteiger partial charge in [0.2, 0.25) is 0 Å². The van der Waals surface area contributed by atoms with Crippen LogP contribution >= 0.6 is 0 Å². The fraction of sp³-hybridized carbons (Fsp3) is 0.308. The molecule has 1 fully saturated rings. The topological polar surface area (TPSA) is 42.2 Å². The minimum absolute atomic E-state index is 0.108. The highest BCUT2D eigenvalue weighted by atomic mass is 16.3. The predicted octanol–water partition coefficient (Wildman–Crippen LogP) is 2.37. The highest BCUT2D eigenvalue weighted by Crippen LogP contribution is 2.22. The van der Waals surface area contributed by atoms with Gasteiger partial charge in [-0.25, -0.2) is 0 Å². The van der Waals surface area contributed by atoms with Crippen LogP contribution in [0.4, 0.5) is 0 Å². The highest BCUT2D eigenvalue weighted by Gasteiger charge is 2.22. The molecule has 3 nitrogen and oxygen atoms in total. The average Bonchev–Trinajstić information content (AvgIpc) is 3.04. The monoisotopic (exact) mass is 215 g/mol. The molecule has 0 unspecified atom stereocenters. The number of para-hydroxylation sites is 1. The minimum Gasteiger partial charge on any atom is -0.464 e. The zero-order chi connectivity index (χ0) is 11.0. The molecular formula is C13H13NO2. The summed E-state index contributed by atoms with van der Waals surface area (Å²) in [7, 11) is 0. The van der Waals surface area contributed by atoms with Crippen LogP contribution in [0, 0.1) is 0 Å². The molecule has 1 aliphatic carbocycles. The van der Waals surface area contributed by atoms with E-state index in [2.05, 4.69) is 5.32 Å². The van der Waals surface area contributed by atoms with Crippen molar-refractivity contribution in [2.24, 2.45) is 0 Å². The number of carbonyl (C=O) groups excluding carboxylic acids is 1. The van der Waals surface area contributed by atoms with E-state index in [0.29, 0.717) is 18.2 Å². The summed E-state index contributed by atoms with van der Waals surface area (Å²) in [4.78, 5) is 11.9. The second-order valence-corrected chi connectivity index (χ2v) is 4.22. The maximum absolute atomic E-state index is 11.9. The van der Waals surface area contributed by atoms with E-state index in [9.17, 15) is 4.79 Å². The molecule has 3 rings (SSSR count). The van der Waals surface area contributed by atoms with Crippen molar-refractivity contribution in [3.8, 4) is 0 Å². The van der Waals surface area contributed by atoms with Gasteiger partial charge in [0, 0.05) is 11.4 Å². The first-order valence-electron chi connectivity index (χ1n) is 5.57. The molecule has 0 radical (unpaired) electrons. The van der Waals surface area contributed by atoms with Crippen molar-refractivity contribution in [2.45, 2.75) is 18.9 Å². The Balaban J connectivity index is 1.83. The number of fused-ring (bicyclic) bond motifs is 1. The summed E-state index contributed by atoms with van der Waals surface area (Å²) in [5.41, 5.74) is 1.46. The van der Waals surface area contributed by atoms with Crippen LogP contribution in [0.1, 0.15) is 23.2 Å². The number of carbonyl (C=O) groups is 1. The number of Topliss-reactive ketones (excluding diaryl/α,β-unsaturated/α-hetero) is 1. The van der Waals surface area contributed by atoms with Gasteiger partial charge in [-0.15, -0.1) is 0 Å². The van der Waals surface area contributed by atoms with Crippen LogP contribution in [0.3, 0.4) is 0 Å². The van der Waals surface area contributed by atoms with Crippen molar-refractivity contribution in [3.05, 3.63) is 36.1 Å². The molecule has 0 amide bonds. The quantitative estimate of drug-likeness (QED) is 0.796. The van der Waals surface area contributed by atoms with Gasteiger partial charge in [-0.1, -0.05) is 18.2 Å². The molecule has 1 aromatic carbocycles. The van der Waals surface area contributed by atoms with E-state index in [1.54, 1.807) is 6.26 Å². The van der Waals surface area contributed by atoms with E-state index < -0.39 is 0 Å². The average molecular weight is 215 g/mol. The van der Waals surface area contributed by atoms with Crippen LogP contribution in [-0.4, -0.2) is 18.4 Å². The Morgan fingerprint density at radius 2 is 2.19 bits per heavy atom. The Morgan fingerprint density at radius 3 is 3.00 bits per heavy atom. The standard InChI is InChI=1S/C13H13NO2/c15-12(7-14-9-5-6-9)11-8-16-13-4-2-1-3-10(11)13/h1-4,8-9,14H,5-7H2. The van der Waals surface area contributed by atoms with Gasteiger partial charge in [0.25, 0.3) is 0 Å². The number of hydrogen-bond donors (Lipinski definition) is 1. The molecule has 2 aromatic rings. The van der Waals surface area contributed by atoms with Gasteiger partial charge in [-0.05, 0) is 18.9 Å². The van der Waals surface area contributed by atoms with Crippen LogP contribution in [0.2, 0.25) is 0 Å². The fourth-order valence-electron chi connectivity index (χ4n) is 1.81. The Kier molecular flexibility index (Phi) is 2.26. The molecule has 0 bridgehead atoms. The van der Waals surface area contributed by atoms with Gasteiger partial charge in [0.05, 0.1) is 12.1 Å². The van der Waals surface area contributed by atoms with Crippen molar-refractivity contribution in [1.29, 1.82) is 0 Å². The van der Waals surface area contributed by atoms with Crippen LogP contribution in [0.25, 0.3) is 11.0 Å². The van der Waals surface area contributed by atoms with Gasteiger partial charge in [-0.2, -0.15) is 0 Å². The normalized spacial score (nSPS) is 15.5. The van der Waals surface area contributed by atoms with Crippen molar-refractivity contribution < 1.29 is 9.21 Å². The van der Waals surface area contributed by atoms with Gasteiger partial charge in [0.1, 0.15) is 11.8 Å². The minimum atomic E-state index is 0.108. The zero-order valence-corrected chi connectivity index (χ0v) is 8.90. The van der Waals surface area contributed by atoms with E-state index in [1.807, 2.05) is 24.3 Å². The van der Waals surface area contributed by atoms with Gasteiger partial charge < -0.3 is 9.73 Å². The molecule has 82 valence electrons. The largest absolute Gasteiger partial charge is 0.464 e. The third-order valence-corrected chi connectivity index (χ3v) is 2.91. The molecule has 0 saturated heterocycles. The van der Waals surface area contributed by atoms with Crippen LogP contribution < -0.4 is 5.32 Å². The molecule has 1 heterocycles. The lowest BCUT2D eigenvalue weighted by molar-refractivity contribution is 0.0991. The molecule has 1 aromatic heterocycles. The Labute approximate surface area is 93.4 Å². The van der Waals surface area contributed by atoms with Crippen molar-refractivity contribution in [3.63, 3.8) is 0 Å². The third kappa shape index (κ3) is 1.74. The lowest BCUT2D eigenvalue weighted by Crippen LogP contribution is -2.24. The van der Waals surface area contributed by atoms with Crippen molar-refractivity contribution in [2.75, 3.05) is 6.54 Å².